The van der Waals surface area contributed by atoms with Gasteiger partial charge in [0.15, 0.2) is 0 Å². The Labute approximate surface area is 117 Å². The maximum Gasteiger partial charge on any atom is 0.419 e. The molecule has 1 aromatic rings. The van der Waals surface area contributed by atoms with Crippen LogP contribution in [0.15, 0.2) is 16.7 Å². The van der Waals surface area contributed by atoms with Gasteiger partial charge >= 0.3 is 6.18 Å². The van der Waals surface area contributed by atoms with Crippen molar-refractivity contribution in [2.75, 3.05) is 31.1 Å². The standard InChI is InChI=1S/C12H13BrF3N3/c13-9-1-10(12(14,15)16)11(18-4-9)19-5-7-2-17-3-8(7)6-19/h1,4,7-8,17H,2-3,5-6H2. The minimum atomic E-state index is -4.37. The Balaban J connectivity index is 1.93. The number of nitrogens with one attached hydrogen (secondary N) is 1. The third-order valence-corrected chi connectivity index (χ3v) is 4.26. The van der Waals surface area contributed by atoms with Crippen LogP contribution in [0.4, 0.5) is 19.0 Å². The van der Waals surface area contributed by atoms with Crippen molar-refractivity contribution in [3.63, 3.8) is 0 Å². The molecule has 0 amide bonds. The topological polar surface area (TPSA) is 28.2 Å². The molecule has 2 atom stereocenters. The summed E-state index contributed by atoms with van der Waals surface area (Å²) in [5, 5.41) is 3.27. The van der Waals surface area contributed by atoms with Gasteiger partial charge in [-0.05, 0) is 33.8 Å². The van der Waals surface area contributed by atoms with Crippen LogP contribution in [0.1, 0.15) is 5.56 Å². The highest BCUT2D eigenvalue weighted by molar-refractivity contribution is 9.10. The van der Waals surface area contributed by atoms with Crippen LogP contribution >= 0.6 is 15.9 Å². The summed E-state index contributed by atoms with van der Waals surface area (Å²) >= 11 is 3.05. The summed E-state index contributed by atoms with van der Waals surface area (Å²) < 4.78 is 39.6. The van der Waals surface area contributed by atoms with E-state index in [2.05, 4.69) is 26.2 Å². The van der Waals surface area contributed by atoms with Crippen molar-refractivity contribution < 1.29 is 13.2 Å². The van der Waals surface area contributed by atoms with Gasteiger partial charge in [-0.3, -0.25) is 0 Å². The van der Waals surface area contributed by atoms with Crippen molar-refractivity contribution in [2.24, 2.45) is 11.8 Å². The fourth-order valence-corrected chi connectivity index (χ4v) is 3.25. The molecule has 7 heteroatoms. The predicted molar refractivity (Wildman–Crippen MR) is 69.0 cm³/mol. The zero-order valence-corrected chi connectivity index (χ0v) is 11.6. The number of hydrogen-bond donors (Lipinski definition) is 1. The van der Waals surface area contributed by atoms with Crippen LogP contribution in [-0.2, 0) is 6.18 Å². The number of pyridine rings is 1. The first kappa shape index (κ1) is 13.2. The molecule has 2 fully saturated rings. The summed E-state index contributed by atoms with van der Waals surface area (Å²) in [6, 6.07) is 1.11. The molecular formula is C12H13BrF3N3. The largest absolute Gasteiger partial charge is 0.419 e. The van der Waals surface area contributed by atoms with Gasteiger partial charge in [0.25, 0.3) is 0 Å². The number of halogens is 4. The fraction of sp³-hybridized carbons (Fsp3) is 0.583. The van der Waals surface area contributed by atoms with Crippen LogP contribution in [0, 0.1) is 11.8 Å². The third kappa shape index (κ3) is 2.45. The van der Waals surface area contributed by atoms with Crippen LogP contribution < -0.4 is 10.2 Å². The molecule has 0 aromatic carbocycles. The monoisotopic (exact) mass is 335 g/mol. The van der Waals surface area contributed by atoms with Crippen molar-refractivity contribution in [1.82, 2.24) is 10.3 Å². The maximum absolute atomic E-state index is 13.1. The van der Waals surface area contributed by atoms with Crippen LogP contribution in [0.2, 0.25) is 0 Å². The lowest BCUT2D eigenvalue weighted by atomic mass is 10.0. The van der Waals surface area contributed by atoms with E-state index in [1.807, 2.05) is 0 Å². The summed E-state index contributed by atoms with van der Waals surface area (Å²) in [6.45, 7) is 3.07. The van der Waals surface area contributed by atoms with Gasteiger partial charge < -0.3 is 10.2 Å². The Morgan fingerprint density at radius 2 is 1.89 bits per heavy atom. The molecule has 0 radical (unpaired) electrons. The van der Waals surface area contributed by atoms with E-state index in [0.717, 1.165) is 19.2 Å². The SMILES string of the molecule is FC(F)(F)c1cc(Br)cnc1N1CC2CNCC2C1. The Hall–Kier alpha value is -0.820. The minimum Gasteiger partial charge on any atom is -0.355 e. The molecule has 0 bridgehead atoms. The van der Waals surface area contributed by atoms with Gasteiger partial charge in [0.1, 0.15) is 5.82 Å². The quantitative estimate of drug-likeness (QED) is 0.854. The van der Waals surface area contributed by atoms with E-state index in [0.29, 0.717) is 29.4 Å². The third-order valence-electron chi connectivity index (χ3n) is 3.83. The lowest BCUT2D eigenvalue weighted by Gasteiger charge is -2.22. The Morgan fingerprint density at radius 3 is 2.47 bits per heavy atom. The number of nitrogens with zero attached hydrogens (tertiary/aromatic N) is 2. The Bertz CT molecular complexity index is 480. The summed E-state index contributed by atoms with van der Waals surface area (Å²) in [7, 11) is 0. The van der Waals surface area contributed by atoms with Gasteiger partial charge in [0.2, 0.25) is 0 Å². The normalized spacial score (nSPS) is 26.8. The molecule has 2 saturated heterocycles. The van der Waals surface area contributed by atoms with Gasteiger partial charge in [-0.15, -0.1) is 0 Å². The van der Waals surface area contributed by atoms with Crippen LogP contribution in [0.5, 0.6) is 0 Å². The molecule has 2 unspecified atom stereocenters. The number of anilines is 1. The lowest BCUT2D eigenvalue weighted by molar-refractivity contribution is -0.137. The molecule has 2 aliphatic heterocycles. The van der Waals surface area contributed by atoms with Crippen molar-refractivity contribution in [1.29, 1.82) is 0 Å². The highest BCUT2D eigenvalue weighted by Crippen LogP contribution is 2.39. The lowest BCUT2D eigenvalue weighted by Crippen LogP contribution is -2.28. The second-order valence-corrected chi connectivity index (χ2v) is 6.02. The maximum atomic E-state index is 13.1. The Kier molecular flexibility index (Phi) is 3.21. The van der Waals surface area contributed by atoms with E-state index >= 15 is 0 Å². The molecule has 1 N–H and O–H groups in total. The summed E-state index contributed by atoms with van der Waals surface area (Å²) in [4.78, 5) is 5.76. The van der Waals surface area contributed by atoms with E-state index in [-0.39, 0.29) is 5.82 Å². The fourth-order valence-electron chi connectivity index (χ4n) is 2.92. The molecule has 3 nitrogen and oxygen atoms in total. The van der Waals surface area contributed by atoms with Crippen LogP contribution in [0.3, 0.4) is 0 Å². The zero-order valence-electron chi connectivity index (χ0n) is 10.0. The smallest absolute Gasteiger partial charge is 0.355 e. The number of hydrogen-bond acceptors (Lipinski definition) is 3. The highest BCUT2D eigenvalue weighted by atomic mass is 79.9. The molecule has 3 rings (SSSR count). The molecule has 0 aliphatic carbocycles. The van der Waals surface area contributed by atoms with E-state index in [9.17, 15) is 13.2 Å². The molecule has 1 aromatic heterocycles. The summed E-state index contributed by atoms with van der Waals surface area (Å²) in [6.07, 6.45) is -2.95. The average Bonchev–Trinajstić information content (AvgIpc) is 2.87. The second-order valence-electron chi connectivity index (χ2n) is 5.11. The van der Waals surface area contributed by atoms with Gasteiger partial charge in [-0.25, -0.2) is 4.98 Å². The molecular weight excluding hydrogens is 323 g/mol. The van der Waals surface area contributed by atoms with Crippen molar-refractivity contribution in [3.8, 4) is 0 Å². The van der Waals surface area contributed by atoms with Crippen molar-refractivity contribution >= 4 is 21.7 Å². The molecule has 3 heterocycles. The molecule has 2 aliphatic rings. The van der Waals surface area contributed by atoms with E-state index < -0.39 is 11.7 Å². The zero-order chi connectivity index (χ0) is 13.6. The average molecular weight is 336 g/mol. The number of fused-ring (bicyclic) bond motifs is 1. The van der Waals surface area contributed by atoms with Crippen LogP contribution in [0.25, 0.3) is 0 Å². The molecule has 0 spiro atoms. The van der Waals surface area contributed by atoms with E-state index in [1.165, 1.54) is 6.20 Å². The molecule has 19 heavy (non-hydrogen) atoms. The van der Waals surface area contributed by atoms with Gasteiger partial charge in [-0.1, -0.05) is 0 Å². The highest BCUT2D eigenvalue weighted by Gasteiger charge is 2.41. The molecule has 0 saturated carbocycles. The minimum absolute atomic E-state index is 0.0603. The first-order chi connectivity index (χ1) is 8.95. The predicted octanol–water partition coefficient (Wildman–Crippen LogP) is 2.52. The summed E-state index contributed by atoms with van der Waals surface area (Å²) in [5.74, 6) is 0.933. The number of rotatable bonds is 1. The van der Waals surface area contributed by atoms with Gasteiger partial charge in [-0.2, -0.15) is 13.2 Å². The first-order valence-corrected chi connectivity index (χ1v) is 6.93. The van der Waals surface area contributed by atoms with Crippen LogP contribution in [-0.4, -0.2) is 31.2 Å². The number of alkyl halides is 3. The van der Waals surface area contributed by atoms with Gasteiger partial charge in [0, 0.05) is 36.8 Å². The van der Waals surface area contributed by atoms with E-state index in [1.54, 1.807) is 4.90 Å². The van der Waals surface area contributed by atoms with E-state index in [4.69, 9.17) is 0 Å². The van der Waals surface area contributed by atoms with Crippen molar-refractivity contribution in [3.05, 3.63) is 22.3 Å². The first-order valence-electron chi connectivity index (χ1n) is 6.13. The van der Waals surface area contributed by atoms with Crippen molar-refractivity contribution in [2.45, 2.75) is 6.18 Å². The molecule has 104 valence electrons. The second kappa shape index (κ2) is 4.63. The Morgan fingerprint density at radius 1 is 1.26 bits per heavy atom. The van der Waals surface area contributed by atoms with Gasteiger partial charge in [0.05, 0.1) is 5.56 Å². The number of aromatic nitrogens is 1. The summed E-state index contributed by atoms with van der Waals surface area (Å²) in [5.41, 5.74) is -0.658.